The summed E-state index contributed by atoms with van der Waals surface area (Å²) in [6.07, 6.45) is -0.703. The number of hydrogen-bond donors (Lipinski definition) is 1. The van der Waals surface area contributed by atoms with Crippen molar-refractivity contribution >= 4 is 28.9 Å². The minimum Gasteiger partial charge on any atom is -0.488 e. The lowest BCUT2D eigenvalue weighted by atomic mass is 10.1. The Balaban J connectivity index is 1.48. The quantitative estimate of drug-likeness (QED) is 0.769. The summed E-state index contributed by atoms with van der Waals surface area (Å²) in [5.74, 6) is -0.0245. The highest BCUT2D eigenvalue weighted by atomic mass is 35.5. The second-order valence-electron chi connectivity index (χ2n) is 6.58. The van der Waals surface area contributed by atoms with E-state index >= 15 is 0 Å². The Morgan fingerprint density at radius 2 is 1.82 bits per heavy atom. The molecule has 0 spiro atoms. The molecule has 2 aromatic rings. The highest BCUT2D eigenvalue weighted by Gasteiger charge is 2.22. The molecular formula is C20H20Cl2FN3O2. The molecule has 3 rings (SSSR count). The van der Waals surface area contributed by atoms with Gasteiger partial charge in [0.15, 0.2) is 5.75 Å². The Labute approximate surface area is 173 Å². The molecule has 8 heteroatoms. The minimum absolute atomic E-state index is 0.0773. The van der Waals surface area contributed by atoms with E-state index in [0.717, 1.165) is 0 Å². The van der Waals surface area contributed by atoms with Crippen LogP contribution in [0.5, 0.6) is 5.75 Å². The van der Waals surface area contributed by atoms with E-state index < -0.39 is 11.9 Å². The van der Waals surface area contributed by atoms with Gasteiger partial charge in [-0.2, -0.15) is 5.26 Å². The van der Waals surface area contributed by atoms with Crippen molar-refractivity contribution in [2.45, 2.75) is 6.10 Å². The highest BCUT2D eigenvalue weighted by molar-refractivity contribution is 6.37. The summed E-state index contributed by atoms with van der Waals surface area (Å²) in [5.41, 5.74) is 0.803. The molecule has 0 saturated carbocycles. The zero-order valence-electron chi connectivity index (χ0n) is 15.1. The summed E-state index contributed by atoms with van der Waals surface area (Å²) in [6, 6.07) is 11.5. The SMILES string of the molecule is N#Cc1ccc(N2CCN(CC(O)COc3c(Cl)cccc3Cl)CC2)c(F)c1. The lowest BCUT2D eigenvalue weighted by Gasteiger charge is -2.37. The van der Waals surface area contributed by atoms with Crippen LogP contribution in [0.4, 0.5) is 10.1 Å². The Morgan fingerprint density at radius 3 is 2.43 bits per heavy atom. The van der Waals surface area contributed by atoms with Crippen molar-refractivity contribution in [1.29, 1.82) is 5.26 Å². The van der Waals surface area contributed by atoms with Gasteiger partial charge in [-0.1, -0.05) is 29.3 Å². The second kappa shape index (κ2) is 9.44. The number of halogens is 3. The molecule has 0 aromatic heterocycles. The molecule has 5 nitrogen and oxygen atoms in total. The van der Waals surface area contributed by atoms with Gasteiger partial charge in [-0.25, -0.2) is 4.39 Å². The zero-order chi connectivity index (χ0) is 20.1. The van der Waals surface area contributed by atoms with Crippen LogP contribution in [0.15, 0.2) is 36.4 Å². The number of ether oxygens (including phenoxy) is 1. The number of aliphatic hydroxyl groups excluding tert-OH is 1. The Morgan fingerprint density at radius 1 is 1.14 bits per heavy atom. The molecule has 1 N–H and O–H groups in total. The molecule has 28 heavy (non-hydrogen) atoms. The van der Waals surface area contributed by atoms with Crippen LogP contribution < -0.4 is 9.64 Å². The Hall–Kier alpha value is -2.04. The third kappa shape index (κ3) is 5.06. The molecule has 1 unspecified atom stereocenters. The van der Waals surface area contributed by atoms with Crippen LogP contribution in [0, 0.1) is 17.1 Å². The second-order valence-corrected chi connectivity index (χ2v) is 7.40. The number of benzene rings is 2. The number of para-hydroxylation sites is 1. The topological polar surface area (TPSA) is 59.7 Å². The molecule has 1 heterocycles. The van der Waals surface area contributed by atoms with E-state index in [1.807, 2.05) is 11.0 Å². The summed E-state index contributed by atoms with van der Waals surface area (Å²) < 4.78 is 19.7. The average molecular weight is 424 g/mol. The predicted molar refractivity (Wildman–Crippen MR) is 108 cm³/mol. The minimum atomic E-state index is -0.703. The Kier molecular flexibility index (Phi) is 6.97. The van der Waals surface area contributed by atoms with Gasteiger partial charge in [0.1, 0.15) is 18.5 Å². The van der Waals surface area contributed by atoms with Gasteiger partial charge in [0.05, 0.1) is 27.4 Å². The molecule has 0 aliphatic carbocycles. The molecule has 1 aliphatic rings. The summed E-state index contributed by atoms with van der Waals surface area (Å²) in [6.45, 7) is 3.14. The maximum atomic E-state index is 14.2. The maximum Gasteiger partial charge on any atom is 0.156 e. The van der Waals surface area contributed by atoms with Crippen LogP contribution in [-0.4, -0.2) is 55.4 Å². The first-order chi connectivity index (χ1) is 13.5. The van der Waals surface area contributed by atoms with Crippen LogP contribution in [0.2, 0.25) is 10.0 Å². The summed E-state index contributed by atoms with van der Waals surface area (Å²) in [5, 5.41) is 19.9. The highest BCUT2D eigenvalue weighted by Crippen LogP contribution is 2.32. The standard InChI is InChI=1S/C20H20Cl2FN3O2/c21-16-2-1-3-17(22)20(16)28-13-15(27)12-25-6-8-26(9-7-25)19-5-4-14(11-24)10-18(19)23/h1-5,10,15,27H,6-9,12-13H2. The van der Waals surface area contributed by atoms with Gasteiger partial charge in [0.2, 0.25) is 0 Å². The fourth-order valence-corrected chi connectivity index (χ4v) is 3.66. The number of piperazine rings is 1. The van der Waals surface area contributed by atoms with Crippen molar-refractivity contribution in [3.8, 4) is 11.8 Å². The van der Waals surface area contributed by atoms with Gasteiger partial charge in [-0.3, -0.25) is 4.90 Å². The fraction of sp³-hybridized carbons (Fsp3) is 0.350. The lowest BCUT2D eigenvalue weighted by molar-refractivity contribution is 0.0663. The molecule has 1 saturated heterocycles. The zero-order valence-corrected chi connectivity index (χ0v) is 16.6. The maximum absolute atomic E-state index is 14.2. The number of rotatable bonds is 6. The lowest BCUT2D eigenvalue weighted by Crippen LogP contribution is -2.49. The van der Waals surface area contributed by atoms with E-state index in [1.54, 1.807) is 30.3 Å². The van der Waals surface area contributed by atoms with E-state index in [0.29, 0.717) is 59.8 Å². The summed E-state index contributed by atoms with van der Waals surface area (Å²) in [4.78, 5) is 4.04. The smallest absolute Gasteiger partial charge is 0.156 e. The van der Waals surface area contributed by atoms with Gasteiger partial charge >= 0.3 is 0 Å². The van der Waals surface area contributed by atoms with Crippen LogP contribution in [0.25, 0.3) is 0 Å². The molecule has 148 valence electrons. The number of nitrogens with zero attached hydrogens (tertiary/aromatic N) is 3. The third-order valence-corrected chi connectivity index (χ3v) is 5.19. The normalized spacial score (nSPS) is 15.9. The first-order valence-corrected chi connectivity index (χ1v) is 9.65. The summed E-state index contributed by atoms with van der Waals surface area (Å²) >= 11 is 12.1. The van der Waals surface area contributed by atoms with Crippen molar-refractivity contribution in [3.05, 3.63) is 57.8 Å². The van der Waals surface area contributed by atoms with Gasteiger partial charge < -0.3 is 14.7 Å². The first kappa shape index (κ1) is 20.7. The number of hydrogen-bond acceptors (Lipinski definition) is 5. The van der Waals surface area contributed by atoms with Gasteiger partial charge in [-0.15, -0.1) is 0 Å². The fourth-order valence-electron chi connectivity index (χ4n) is 3.15. The van der Waals surface area contributed by atoms with Crippen molar-refractivity contribution in [2.24, 2.45) is 0 Å². The predicted octanol–water partition coefficient (Wildman–Crippen LogP) is 3.57. The van der Waals surface area contributed by atoms with Crippen LogP contribution in [0.1, 0.15) is 5.56 Å². The molecular weight excluding hydrogens is 404 g/mol. The van der Waals surface area contributed by atoms with E-state index in [2.05, 4.69) is 4.90 Å². The van der Waals surface area contributed by atoms with E-state index in [4.69, 9.17) is 33.2 Å². The summed E-state index contributed by atoms with van der Waals surface area (Å²) in [7, 11) is 0. The molecule has 2 aromatic carbocycles. The van der Waals surface area contributed by atoms with Gasteiger partial charge in [0.25, 0.3) is 0 Å². The number of β-amino-alcohol motifs (C(OH)–C–C–N with tert-alkyl or cyclic N) is 1. The largest absolute Gasteiger partial charge is 0.488 e. The van der Waals surface area contributed by atoms with Gasteiger partial charge in [0, 0.05) is 32.7 Å². The number of nitriles is 1. The monoisotopic (exact) mass is 423 g/mol. The molecule has 0 amide bonds. The van der Waals surface area contributed by atoms with Crippen molar-refractivity contribution in [1.82, 2.24) is 4.90 Å². The van der Waals surface area contributed by atoms with Crippen molar-refractivity contribution < 1.29 is 14.2 Å². The van der Waals surface area contributed by atoms with E-state index in [1.165, 1.54) is 6.07 Å². The van der Waals surface area contributed by atoms with Gasteiger partial charge in [-0.05, 0) is 30.3 Å². The molecule has 0 bridgehead atoms. The van der Waals surface area contributed by atoms with Crippen LogP contribution in [-0.2, 0) is 0 Å². The average Bonchev–Trinajstić information content (AvgIpc) is 2.68. The number of aliphatic hydroxyl groups is 1. The third-order valence-electron chi connectivity index (χ3n) is 4.60. The molecule has 0 radical (unpaired) electrons. The Bertz CT molecular complexity index is 847. The molecule has 1 aliphatic heterocycles. The molecule has 1 atom stereocenters. The van der Waals surface area contributed by atoms with E-state index in [9.17, 15) is 9.50 Å². The van der Waals surface area contributed by atoms with E-state index in [-0.39, 0.29) is 6.61 Å². The van der Waals surface area contributed by atoms with Crippen molar-refractivity contribution in [3.63, 3.8) is 0 Å². The van der Waals surface area contributed by atoms with Crippen molar-refractivity contribution in [2.75, 3.05) is 44.2 Å². The number of anilines is 1. The molecule has 1 fully saturated rings. The van der Waals surface area contributed by atoms with Crippen LogP contribution in [0.3, 0.4) is 0 Å². The first-order valence-electron chi connectivity index (χ1n) is 8.89. The van der Waals surface area contributed by atoms with Crippen LogP contribution >= 0.6 is 23.2 Å².